The number of rotatable bonds is 7. The van der Waals surface area contributed by atoms with Gasteiger partial charge in [0.2, 0.25) is 0 Å². The lowest BCUT2D eigenvalue weighted by atomic mass is 10.0. The lowest BCUT2D eigenvalue weighted by Crippen LogP contribution is -2.49. The van der Waals surface area contributed by atoms with Crippen LogP contribution in [0.4, 0.5) is 10.1 Å². The van der Waals surface area contributed by atoms with Gasteiger partial charge in [0.25, 0.3) is 0 Å². The standard InChI is InChI=1S/C23H29FN2O2/c1-18(2)12-17-28-23(27)22(19-6-4-3-5-7-19)26-15-13-25(14-16-26)21-10-8-20(24)9-11-21/h3-11,18,22H,12-17H2,1-2H3. The fourth-order valence-electron chi connectivity index (χ4n) is 3.50. The maximum absolute atomic E-state index is 13.2. The first-order valence-electron chi connectivity index (χ1n) is 10.0. The molecule has 1 atom stereocenters. The van der Waals surface area contributed by atoms with Crippen molar-refractivity contribution in [3.05, 3.63) is 66.0 Å². The Kier molecular flexibility index (Phi) is 7.04. The number of halogens is 1. The Morgan fingerprint density at radius 3 is 2.25 bits per heavy atom. The summed E-state index contributed by atoms with van der Waals surface area (Å²) in [5, 5.41) is 0. The Morgan fingerprint density at radius 2 is 1.64 bits per heavy atom. The molecule has 28 heavy (non-hydrogen) atoms. The molecule has 150 valence electrons. The molecule has 0 N–H and O–H groups in total. The monoisotopic (exact) mass is 384 g/mol. The first-order chi connectivity index (χ1) is 13.5. The number of anilines is 1. The molecule has 1 fully saturated rings. The average molecular weight is 384 g/mol. The maximum Gasteiger partial charge on any atom is 0.328 e. The van der Waals surface area contributed by atoms with Crippen molar-refractivity contribution in [3.8, 4) is 0 Å². The number of ether oxygens (including phenoxy) is 1. The predicted molar refractivity (Wildman–Crippen MR) is 110 cm³/mol. The Bertz CT molecular complexity index is 741. The van der Waals surface area contributed by atoms with Crippen molar-refractivity contribution in [1.29, 1.82) is 0 Å². The van der Waals surface area contributed by atoms with Gasteiger partial charge in [-0.3, -0.25) is 4.90 Å². The van der Waals surface area contributed by atoms with Gasteiger partial charge in [-0.2, -0.15) is 0 Å². The van der Waals surface area contributed by atoms with Crippen molar-refractivity contribution >= 4 is 11.7 Å². The van der Waals surface area contributed by atoms with Crippen molar-refractivity contribution in [2.75, 3.05) is 37.7 Å². The third-order valence-corrected chi connectivity index (χ3v) is 5.15. The van der Waals surface area contributed by atoms with Gasteiger partial charge in [0, 0.05) is 31.9 Å². The number of carbonyl (C=O) groups is 1. The lowest BCUT2D eigenvalue weighted by Gasteiger charge is -2.39. The molecule has 0 aliphatic carbocycles. The van der Waals surface area contributed by atoms with Gasteiger partial charge in [0.05, 0.1) is 6.61 Å². The van der Waals surface area contributed by atoms with Crippen molar-refractivity contribution < 1.29 is 13.9 Å². The van der Waals surface area contributed by atoms with Gasteiger partial charge in [-0.25, -0.2) is 9.18 Å². The highest BCUT2D eigenvalue weighted by Gasteiger charge is 2.31. The van der Waals surface area contributed by atoms with Crippen LogP contribution in [0.15, 0.2) is 54.6 Å². The smallest absolute Gasteiger partial charge is 0.328 e. The summed E-state index contributed by atoms with van der Waals surface area (Å²) in [7, 11) is 0. The van der Waals surface area contributed by atoms with E-state index in [0.717, 1.165) is 43.9 Å². The average Bonchev–Trinajstić information content (AvgIpc) is 2.70. The van der Waals surface area contributed by atoms with Crippen molar-refractivity contribution in [3.63, 3.8) is 0 Å². The fraction of sp³-hybridized carbons (Fsp3) is 0.435. The number of carbonyl (C=O) groups excluding carboxylic acids is 1. The zero-order chi connectivity index (χ0) is 19.9. The fourth-order valence-corrected chi connectivity index (χ4v) is 3.50. The van der Waals surface area contributed by atoms with Gasteiger partial charge >= 0.3 is 5.97 Å². The molecule has 2 aromatic rings. The zero-order valence-corrected chi connectivity index (χ0v) is 16.7. The molecule has 0 bridgehead atoms. The second kappa shape index (κ2) is 9.69. The van der Waals surface area contributed by atoms with Crippen LogP contribution < -0.4 is 4.90 Å². The molecule has 4 nitrogen and oxygen atoms in total. The number of benzene rings is 2. The van der Waals surface area contributed by atoms with E-state index in [1.807, 2.05) is 30.3 Å². The molecule has 0 aromatic heterocycles. The molecule has 0 amide bonds. The van der Waals surface area contributed by atoms with Crippen molar-refractivity contribution in [2.24, 2.45) is 5.92 Å². The Hall–Kier alpha value is -2.40. The molecule has 1 unspecified atom stereocenters. The molecule has 5 heteroatoms. The number of nitrogens with zero attached hydrogens (tertiary/aromatic N) is 2. The molecule has 1 heterocycles. The lowest BCUT2D eigenvalue weighted by molar-refractivity contribution is -0.151. The largest absolute Gasteiger partial charge is 0.464 e. The molecular weight excluding hydrogens is 355 g/mol. The molecule has 0 spiro atoms. The van der Waals surface area contributed by atoms with Crippen molar-refractivity contribution in [1.82, 2.24) is 4.90 Å². The first-order valence-corrected chi connectivity index (χ1v) is 10.0. The number of hydrogen-bond acceptors (Lipinski definition) is 4. The van der Waals surface area contributed by atoms with Crippen LogP contribution in [0.3, 0.4) is 0 Å². The van der Waals surface area contributed by atoms with E-state index in [2.05, 4.69) is 23.6 Å². The summed E-state index contributed by atoms with van der Waals surface area (Å²) in [6, 6.07) is 16.0. The van der Waals surface area contributed by atoms with Crippen LogP contribution in [0.2, 0.25) is 0 Å². The zero-order valence-electron chi connectivity index (χ0n) is 16.7. The van der Waals surface area contributed by atoms with Gasteiger partial charge in [-0.15, -0.1) is 0 Å². The number of esters is 1. The predicted octanol–water partition coefficient (Wildman–Crippen LogP) is 4.28. The highest BCUT2D eigenvalue weighted by Crippen LogP contribution is 2.26. The van der Waals surface area contributed by atoms with E-state index in [-0.39, 0.29) is 17.8 Å². The molecule has 3 rings (SSSR count). The molecule has 0 radical (unpaired) electrons. The second-order valence-corrected chi connectivity index (χ2v) is 7.66. The van der Waals surface area contributed by atoms with Crippen LogP contribution in [0.25, 0.3) is 0 Å². The molecule has 0 saturated carbocycles. The first kappa shape index (κ1) is 20.3. The summed E-state index contributed by atoms with van der Waals surface area (Å²) >= 11 is 0. The van der Waals surface area contributed by atoms with E-state index in [4.69, 9.17) is 4.74 Å². The summed E-state index contributed by atoms with van der Waals surface area (Å²) < 4.78 is 18.8. The summed E-state index contributed by atoms with van der Waals surface area (Å²) in [5.74, 6) is 0.0972. The molecule has 1 saturated heterocycles. The summed E-state index contributed by atoms with van der Waals surface area (Å²) in [4.78, 5) is 17.3. The summed E-state index contributed by atoms with van der Waals surface area (Å²) in [5.41, 5.74) is 1.98. The Labute approximate surface area is 166 Å². The third-order valence-electron chi connectivity index (χ3n) is 5.15. The van der Waals surface area contributed by atoms with E-state index < -0.39 is 0 Å². The van der Waals surface area contributed by atoms with E-state index in [9.17, 15) is 9.18 Å². The molecule has 1 aliphatic rings. The van der Waals surface area contributed by atoms with Gasteiger partial charge in [0.15, 0.2) is 0 Å². The third kappa shape index (κ3) is 5.32. The van der Waals surface area contributed by atoms with Crippen LogP contribution >= 0.6 is 0 Å². The van der Waals surface area contributed by atoms with Crippen molar-refractivity contribution in [2.45, 2.75) is 26.3 Å². The van der Waals surface area contributed by atoms with Crippen LogP contribution in [-0.2, 0) is 9.53 Å². The van der Waals surface area contributed by atoms with Crippen LogP contribution in [0.5, 0.6) is 0 Å². The van der Waals surface area contributed by atoms with Crippen LogP contribution in [-0.4, -0.2) is 43.7 Å². The van der Waals surface area contributed by atoms with Gasteiger partial charge < -0.3 is 9.64 Å². The maximum atomic E-state index is 13.2. The number of piperazine rings is 1. The van der Waals surface area contributed by atoms with Crippen LogP contribution in [0, 0.1) is 11.7 Å². The minimum Gasteiger partial charge on any atom is -0.464 e. The summed E-state index contributed by atoms with van der Waals surface area (Å²) in [6.45, 7) is 7.76. The van der Waals surface area contributed by atoms with E-state index in [0.29, 0.717) is 12.5 Å². The van der Waals surface area contributed by atoms with E-state index in [1.54, 1.807) is 12.1 Å². The molecule has 2 aromatic carbocycles. The van der Waals surface area contributed by atoms with E-state index >= 15 is 0 Å². The highest BCUT2D eigenvalue weighted by atomic mass is 19.1. The molecule has 1 aliphatic heterocycles. The van der Waals surface area contributed by atoms with Gasteiger partial charge in [-0.1, -0.05) is 44.2 Å². The van der Waals surface area contributed by atoms with Gasteiger partial charge in [0.1, 0.15) is 11.9 Å². The minimum absolute atomic E-state index is 0.179. The SMILES string of the molecule is CC(C)CCOC(=O)C(c1ccccc1)N1CCN(c2ccc(F)cc2)CC1. The highest BCUT2D eigenvalue weighted by molar-refractivity contribution is 5.77. The normalized spacial score (nSPS) is 16.2. The Morgan fingerprint density at radius 1 is 1.00 bits per heavy atom. The molecular formula is C23H29FN2O2. The van der Waals surface area contributed by atoms with E-state index in [1.165, 1.54) is 12.1 Å². The Balaban J connectivity index is 1.67. The minimum atomic E-state index is -0.385. The summed E-state index contributed by atoms with van der Waals surface area (Å²) in [6.07, 6.45) is 0.867. The van der Waals surface area contributed by atoms with Crippen LogP contribution in [0.1, 0.15) is 31.9 Å². The quantitative estimate of drug-likeness (QED) is 0.667. The van der Waals surface area contributed by atoms with Gasteiger partial charge in [-0.05, 0) is 42.2 Å². The topological polar surface area (TPSA) is 32.8 Å². The second-order valence-electron chi connectivity index (χ2n) is 7.66. The number of hydrogen-bond donors (Lipinski definition) is 0.